The Balaban J connectivity index is 2.11. The number of amides is 1. The maximum Gasteiger partial charge on any atom is 0.407 e. The average molecular weight is 308 g/mol. The highest BCUT2D eigenvalue weighted by molar-refractivity contribution is 7.18. The van der Waals surface area contributed by atoms with E-state index in [2.05, 4.69) is 9.97 Å². The molecule has 7 nitrogen and oxygen atoms in total. The highest BCUT2D eigenvalue weighted by Crippen LogP contribution is 2.35. The van der Waals surface area contributed by atoms with Crippen LogP contribution in [0.3, 0.4) is 0 Å². The fourth-order valence-corrected chi connectivity index (χ4v) is 3.82. The first-order valence-electron chi connectivity index (χ1n) is 6.88. The summed E-state index contributed by atoms with van der Waals surface area (Å²) in [5, 5.41) is 9.89. The van der Waals surface area contributed by atoms with Crippen molar-refractivity contribution < 1.29 is 9.90 Å². The minimum Gasteiger partial charge on any atom is -0.465 e. The predicted octanol–water partition coefficient (Wildman–Crippen LogP) is 1.77. The number of carboxylic acid groups (broad SMARTS) is 1. The second kappa shape index (κ2) is 5.10. The largest absolute Gasteiger partial charge is 0.465 e. The van der Waals surface area contributed by atoms with E-state index in [-0.39, 0.29) is 11.6 Å². The number of hydrogen-bond acceptors (Lipinski definition) is 5. The Hall–Kier alpha value is -1.96. The van der Waals surface area contributed by atoms with Crippen LogP contribution in [0.5, 0.6) is 0 Å². The molecule has 0 aliphatic carbocycles. The van der Waals surface area contributed by atoms with Crippen LogP contribution in [0.25, 0.3) is 10.3 Å². The summed E-state index contributed by atoms with van der Waals surface area (Å²) >= 11 is 1.33. The van der Waals surface area contributed by atoms with Crippen molar-refractivity contribution in [3.63, 3.8) is 0 Å². The van der Waals surface area contributed by atoms with Crippen LogP contribution in [0.4, 0.5) is 4.79 Å². The molecular formula is C13H16N4O3S. The van der Waals surface area contributed by atoms with Crippen molar-refractivity contribution in [1.29, 1.82) is 0 Å². The number of aromatic nitrogens is 3. The summed E-state index contributed by atoms with van der Waals surface area (Å²) in [5.74, 6) is 0.712. The number of thiazole rings is 1. The smallest absolute Gasteiger partial charge is 0.407 e. The number of fused-ring (bicyclic) bond motifs is 1. The summed E-state index contributed by atoms with van der Waals surface area (Å²) in [4.78, 5) is 34.4. The predicted molar refractivity (Wildman–Crippen MR) is 78.7 cm³/mol. The Morgan fingerprint density at radius 3 is 2.90 bits per heavy atom. The molecule has 1 atom stereocenters. The molecule has 0 saturated carbocycles. The van der Waals surface area contributed by atoms with Crippen LogP contribution in [0.2, 0.25) is 0 Å². The van der Waals surface area contributed by atoms with Crippen LogP contribution >= 0.6 is 11.3 Å². The molecule has 1 aliphatic rings. The van der Waals surface area contributed by atoms with Crippen LogP contribution in [0, 0.1) is 0 Å². The highest BCUT2D eigenvalue weighted by Gasteiger charge is 2.32. The summed E-state index contributed by atoms with van der Waals surface area (Å²) in [6, 6.07) is -0.253. The molecule has 1 N–H and O–H groups in total. The molecule has 8 heteroatoms. The Morgan fingerprint density at radius 2 is 2.24 bits per heavy atom. The first-order valence-corrected chi connectivity index (χ1v) is 7.70. The lowest BCUT2D eigenvalue weighted by atomic mass is 10.2. The van der Waals surface area contributed by atoms with Gasteiger partial charge in [-0.1, -0.05) is 18.3 Å². The van der Waals surface area contributed by atoms with Gasteiger partial charge in [-0.2, -0.15) is 0 Å². The van der Waals surface area contributed by atoms with E-state index in [9.17, 15) is 14.7 Å². The molecule has 1 fully saturated rings. The maximum atomic E-state index is 12.3. The van der Waals surface area contributed by atoms with E-state index in [4.69, 9.17) is 0 Å². The standard InChI is InChI=1S/C13H16N4O3S/c1-3-8-14-11-9(12(18)16(8)2)15-10(21-11)7-5-4-6-17(7)13(19)20/h7H,3-6H2,1-2H3,(H,19,20)/t7-/m1/s1. The van der Waals surface area contributed by atoms with Gasteiger partial charge < -0.3 is 5.11 Å². The molecule has 0 radical (unpaired) electrons. The molecule has 1 amide bonds. The van der Waals surface area contributed by atoms with E-state index in [1.54, 1.807) is 7.05 Å². The molecular weight excluding hydrogens is 292 g/mol. The third kappa shape index (κ3) is 2.19. The second-order valence-corrected chi connectivity index (χ2v) is 6.09. The zero-order chi connectivity index (χ0) is 15.1. The fourth-order valence-electron chi connectivity index (χ4n) is 2.72. The molecule has 21 heavy (non-hydrogen) atoms. The average Bonchev–Trinajstić information content (AvgIpc) is 3.08. The van der Waals surface area contributed by atoms with Gasteiger partial charge in [0.15, 0.2) is 10.3 Å². The molecule has 112 valence electrons. The molecule has 1 saturated heterocycles. The van der Waals surface area contributed by atoms with E-state index >= 15 is 0 Å². The van der Waals surface area contributed by atoms with E-state index in [1.165, 1.54) is 20.8 Å². The van der Waals surface area contributed by atoms with Crippen molar-refractivity contribution in [1.82, 2.24) is 19.4 Å². The lowest BCUT2D eigenvalue weighted by Crippen LogP contribution is -2.28. The zero-order valence-corrected chi connectivity index (χ0v) is 12.7. The van der Waals surface area contributed by atoms with Gasteiger partial charge in [0.05, 0.1) is 6.04 Å². The molecule has 2 aromatic rings. The molecule has 1 aliphatic heterocycles. The van der Waals surface area contributed by atoms with Crippen molar-refractivity contribution in [3.8, 4) is 0 Å². The van der Waals surface area contributed by atoms with Gasteiger partial charge in [0, 0.05) is 20.0 Å². The molecule has 3 rings (SSSR count). The van der Waals surface area contributed by atoms with Crippen LogP contribution in [0.1, 0.15) is 36.6 Å². The monoisotopic (exact) mass is 308 g/mol. The first-order chi connectivity index (χ1) is 10.0. The lowest BCUT2D eigenvalue weighted by molar-refractivity contribution is 0.140. The summed E-state index contributed by atoms with van der Waals surface area (Å²) in [6.45, 7) is 2.46. The van der Waals surface area contributed by atoms with Crippen molar-refractivity contribution in [2.24, 2.45) is 7.05 Å². The number of hydrogen-bond donors (Lipinski definition) is 1. The van der Waals surface area contributed by atoms with Gasteiger partial charge in [0.2, 0.25) is 0 Å². The van der Waals surface area contributed by atoms with Gasteiger partial charge in [0.25, 0.3) is 5.56 Å². The summed E-state index contributed by atoms with van der Waals surface area (Å²) in [7, 11) is 1.69. The minimum absolute atomic E-state index is 0.167. The highest BCUT2D eigenvalue weighted by atomic mass is 32.1. The van der Waals surface area contributed by atoms with E-state index in [0.717, 1.165) is 12.8 Å². The van der Waals surface area contributed by atoms with Crippen molar-refractivity contribution in [2.45, 2.75) is 32.2 Å². The van der Waals surface area contributed by atoms with Crippen molar-refractivity contribution in [2.75, 3.05) is 6.54 Å². The molecule has 0 bridgehead atoms. The van der Waals surface area contributed by atoms with Crippen LogP contribution in [0.15, 0.2) is 4.79 Å². The summed E-state index contributed by atoms with van der Waals surface area (Å²) in [6.07, 6.45) is 1.29. The van der Waals surface area contributed by atoms with Gasteiger partial charge in [-0.15, -0.1) is 0 Å². The molecule has 0 aromatic carbocycles. The molecule has 3 heterocycles. The summed E-state index contributed by atoms with van der Waals surface area (Å²) < 4.78 is 1.51. The SMILES string of the molecule is CCc1nc2sc([C@H]3CCCN3C(=O)O)nc2c(=O)n1C. The van der Waals surface area contributed by atoms with E-state index < -0.39 is 6.09 Å². The molecule has 0 unspecified atom stereocenters. The summed E-state index contributed by atoms with van der Waals surface area (Å²) in [5.41, 5.74) is 0.172. The Kier molecular flexibility index (Phi) is 3.40. The van der Waals surface area contributed by atoms with Gasteiger partial charge in [-0.05, 0) is 12.8 Å². The number of carbonyl (C=O) groups is 1. The lowest BCUT2D eigenvalue weighted by Gasteiger charge is -2.18. The number of aryl methyl sites for hydroxylation is 1. The maximum absolute atomic E-state index is 12.3. The molecule has 2 aromatic heterocycles. The van der Waals surface area contributed by atoms with Crippen LogP contribution in [-0.4, -0.2) is 37.2 Å². The zero-order valence-electron chi connectivity index (χ0n) is 11.9. The third-order valence-electron chi connectivity index (χ3n) is 3.85. The van der Waals surface area contributed by atoms with Gasteiger partial charge in [-0.3, -0.25) is 14.3 Å². The van der Waals surface area contributed by atoms with Gasteiger partial charge in [-0.25, -0.2) is 14.8 Å². The van der Waals surface area contributed by atoms with Crippen molar-refractivity contribution >= 4 is 27.8 Å². The first kappa shape index (κ1) is 14.0. The van der Waals surface area contributed by atoms with Gasteiger partial charge in [0.1, 0.15) is 10.8 Å². The molecule has 0 spiro atoms. The Morgan fingerprint density at radius 1 is 1.48 bits per heavy atom. The van der Waals surface area contributed by atoms with E-state index in [0.29, 0.717) is 34.1 Å². The topological polar surface area (TPSA) is 88.3 Å². The number of likely N-dealkylation sites (tertiary alicyclic amines) is 1. The number of rotatable bonds is 2. The number of nitrogens with zero attached hydrogens (tertiary/aromatic N) is 4. The second-order valence-electron chi connectivity index (χ2n) is 5.09. The Bertz CT molecular complexity index is 767. The van der Waals surface area contributed by atoms with E-state index in [1.807, 2.05) is 6.92 Å². The minimum atomic E-state index is -0.938. The quantitative estimate of drug-likeness (QED) is 0.913. The van der Waals surface area contributed by atoms with Gasteiger partial charge >= 0.3 is 6.09 Å². The fraction of sp³-hybridized carbons (Fsp3) is 0.538. The van der Waals surface area contributed by atoms with Crippen LogP contribution < -0.4 is 5.56 Å². The van der Waals surface area contributed by atoms with Crippen LogP contribution in [-0.2, 0) is 13.5 Å². The Labute approximate surface area is 124 Å². The normalized spacial score (nSPS) is 18.6. The van der Waals surface area contributed by atoms with Crippen molar-refractivity contribution in [3.05, 3.63) is 21.2 Å². The third-order valence-corrected chi connectivity index (χ3v) is 4.90.